The summed E-state index contributed by atoms with van der Waals surface area (Å²) >= 11 is 0. The quantitative estimate of drug-likeness (QED) is 0.902. The number of carbonyl (C=O) groups excluding carboxylic acids is 1. The molecule has 6 heteroatoms. The van der Waals surface area contributed by atoms with Crippen molar-refractivity contribution in [2.24, 2.45) is 0 Å². The fourth-order valence-corrected chi connectivity index (χ4v) is 1.84. The lowest BCUT2D eigenvalue weighted by Gasteiger charge is -2.19. The summed E-state index contributed by atoms with van der Waals surface area (Å²) in [6, 6.07) is 5.11. The van der Waals surface area contributed by atoms with Gasteiger partial charge in [0.05, 0.1) is 12.2 Å². The van der Waals surface area contributed by atoms with Crippen molar-refractivity contribution in [1.82, 2.24) is 15.5 Å². The van der Waals surface area contributed by atoms with E-state index < -0.39 is 0 Å². The minimum atomic E-state index is -0.219. The van der Waals surface area contributed by atoms with Gasteiger partial charge in [-0.1, -0.05) is 25.9 Å². The molecule has 2 rings (SSSR count). The molecule has 0 bridgehead atoms. The van der Waals surface area contributed by atoms with Crippen LogP contribution in [0, 0.1) is 6.92 Å². The predicted octanol–water partition coefficient (Wildman–Crippen LogP) is 2.19. The summed E-state index contributed by atoms with van der Waals surface area (Å²) in [6.07, 6.45) is 0. The number of amides is 1. The number of hydrogen-bond acceptors (Lipinski definition) is 5. The van der Waals surface area contributed by atoms with E-state index in [1.807, 2.05) is 27.7 Å². The van der Waals surface area contributed by atoms with E-state index in [0.717, 1.165) is 11.4 Å². The molecule has 0 fully saturated rings. The van der Waals surface area contributed by atoms with Crippen molar-refractivity contribution in [2.75, 3.05) is 5.73 Å². The highest BCUT2D eigenvalue weighted by Gasteiger charge is 2.18. The van der Waals surface area contributed by atoms with Crippen LogP contribution in [0.25, 0.3) is 0 Å². The molecule has 1 amide bonds. The number of aromatic nitrogens is 2. The molecule has 0 saturated carbocycles. The van der Waals surface area contributed by atoms with Crippen molar-refractivity contribution < 1.29 is 9.32 Å². The van der Waals surface area contributed by atoms with E-state index >= 15 is 0 Å². The molecule has 0 radical (unpaired) electrons. The summed E-state index contributed by atoms with van der Waals surface area (Å²) in [5.41, 5.74) is 7.66. The second-order valence-electron chi connectivity index (χ2n) is 6.03. The van der Waals surface area contributed by atoms with Crippen LogP contribution in [0.3, 0.4) is 0 Å². The molecular weight excluding hydrogens is 268 g/mol. The van der Waals surface area contributed by atoms with E-state index in [2.05, 4.69) is 15.5 Å². The maximum Gasteiger partial charge on any atom is 0.251 e. The molecule has 0 saturated heterocycles. The maximum absolute atomic E-state index is 12.2. The third-order valence-electron chi connectivity index (χ3n) is 2.98. The number of nitrogens with zero attached hydrogens (tertiary/aromatic N) is 2. The highest BCUT2D eigenvalue weighted by atomic mass is 16.5. The topological polar surface area (TPSA) is 94.0 Å². The molecule has 0 aromatic carbocycles. The Kier molecular flexibility index (Phi) is 3.97. The number of rotatable bonds is 3. The Balaban J connectivity index is 2.13. The zero-order valence-electron chi connectivity index (χ0n) is 12.7. The van der Waals surface area contributed by atoms with Gasteiger partial charge in [0.15, 0.2) is 5.76 Å². The Morgan fingerprint density at radius 3 is 2.62 bits per heavy atom. The van der Waals surface area contributed by atoms with E-state index in [9.17, 15) is 4.79 Å². The van der Waals surface area contributed by atoms with Crippen LogP contribution in [0.4, 0.5) is 5.82 Å². The zero-order chi connectivity index (χ0) is 15.6. The van der Waals surface area contributed by atoms with Gasteiger partial charge in [-0.15, -0.1) is 0 Å². The first-order valence-electron chi connectivity index (χ1n) is 6.74. The normalized spacial score (nSPS) is 11.4. The summed E-state index contributed by atoms with van der Waals surface area (Å²) in [5, 5.41) is 6.55. The Hall–Kier alpha value is -2.37. The lowest BCUT2D eigenvalue weighted by atomic mass is 9.90. The van der Waals surface area contributed by atoms with Crippen LogP contribution in [0.1, 0.15) is 48.3 Å². The summed E-state index contributed by atoms with van der Waals surface area (Å²) in [4.78, 5) is 16.5. The SMILES string of the molecule is Cc1cc(CNC(=O)c2cc(N)nc(C(C)(C)C)c2)on1. The van der Waals surface area contributed by atoms with Gasteiger partial charge >= 0.3 is 0 Å². The van der Waals surface area contributed by atoms with Gasteiger partial charge in [0.25, 0.3) is 5.91 Å². The lowest BCUT2D eigenvalue weighted by molar-refractivity contribution is 0.0947. The van der Waals surface area contributed by atoms with Crippen LogP contribution in [0.5, 0.6) is 0 Å². The largest absolute Gasteiger partial charge is 0.384 e. The number of anilines is 1. The highest BCUT2D eigenvalue weighted by Crippen LogP contribution is 2.22. The molecule has 3 N–H and O–H groups in total. The third-order valence-corrected chi connectivity index (χ3v) is 2.98. The van der Waals surface area contributed by atoms with Crippen LogP contribution in [0.15, 0.2) is 22.7 Å². The van der Waals surface area contributed by atoms with Gasteiger partial charge in [0, 0.05) is 22.7 Å². The van der Waals surface area contributed by atoms with Crippen molar-refractivity contribution in [3.8, 4) is 0 Å². The molecule has 2 aromatic heterocycles. The van der Waals surface area contributed by atoms with E-state index in [-0.39, 0.29) is 17.9 Å². The van der Waals surface area contributed by atoms with Crippen molar-refractivity contribution in [1.29, 1.82) is 0 Å². The molecule has 0 atom stereocenters. The molecule has 21 heavy (non-hydrogen) atoms. The minimum absolute atomic E-state index is 0.174. The Morgan fingerprint density at radius 2 is 2.05 bits per heavy atom. The molecule has 112 valence electrons. The van der Waals surface area contributed by atoms with E-state index in [1.165, 1.54) is 0 Å². The molecule has 0 aliphatic carbocycles. The van der Waals surface area contributed by atoms with Crippen LogP contribution in [-0.4, -0.2) is 16.0 Å². The highest BCUT2D eigenvalue weighted by molar-refractivity contribution is 5.94. The van der Waals surface area contributed by atoms with E-state index in [0.29, 0.717) is 17.1 Å². The van der Waals surface area contributed by atoms with E-state index in [1.54, 1.807) is 18.2 Å². The molecule has 0 aliphatic heterocycles. The van der Waals surface area contributed by atoms with E-state index in [4.69, 9.17) is 10.3 Å². The molecule has 2 heterocycles. The smallest absolute Gasteiger partial charge is 0.251 e. The standard InChI is InChI=1S/C15H20N4O2/c1-9-5-11(21-19-9)8-17-14(20)10-6-12(15(2,3)4)18-13(16)7-10/h5-7H,8H2,1-4H3,(H2,16,18)(H,17,20). The Bertz CT molecular complexity index is 656. The maximum atomic E-state index is 12.2. The summed E-state index contributed by atoms with van der Waals surface area (Å²) < 4.78 is 5.05. The van der Waals surface area contributed by atoms with Crippen LogP contribution in [0.2, 0.25) is 0 Å². The number of hydrogen-bond donors (Lipinski definition) is 2. The molecule has 2 aromatic rings. The molecule has 0 unspecified atom stereocenters. The minimum Gasteiger partial charge on any atom is -0.384 e. The zero-order valence-corrected chi connectivity index (χ0v) is 12.7. The molecular formula is C15H20N4O2. The summed E-state index contributed by atoms with van der Waals surface area (Å²) in [6.45, 7) is 8.18. The Morgan fingerprint density at radius 1 is 1.33 bits per heavy atom. The van der Waals surface area contributed by atoms with Gasteiger partial charge < -0.3 is 15.6 Å². The van der Waals surface area contributed by atoms with Crippen LogP contribution < -0.4 is 11.1 Å². The summed E-state index contributed by atoms with van der Waals surface area (Å²) in [7, 11) is 0. The van der Waals surface area contributed by atoms with Crippen molar-refractivity contribution in [3.05, 3.63) is 40.9 Å². The average molecular weight is 288 g/mol. The van der Waals surface area contributed by atoms with Gasteiger partial charge in [-0.2, -0.15) is 0 Å². The number of pyridine rings is 1. The van der Waals surface area contributed by atoms with Crippen molar-refractivity contribution in [2.45, 2.75) is 39.7 Å². The van der Waals surface area contributed by atoms with Crippen LogP contribution in [-0.2, 0) is 12.0 Å². The van der Waals surface area contributed by atoms with Crippen molar-refractivity contribution in [3.63, 3.8) is 0 Å². The molecule has 0 aliphatic rings. The molecule has 6 nitrogen and oxygen atoms in total. The van der Waals surface area contributed by atoms with Gasteiger partial charge in [-0.25, -0.2) is 4.98 Å². The average Bonchev–Trinajstić information content (AvgIpc) is 2.80. The predicted molar refractivity (Wildman–Crippen MR) is 79.8 cm³/mol. The Labute approximate surface area is 123 Å². The second kappa shape index (κ2) is 5.55. The number of nitrogen functional groups attached to an aromatic ring is 1. The number of carbonyl (C=O) groups is 1. The van der Waals surface area contributed by atoms with Crippen molar-refractivity contribution >= 4 is 11.7 Å². The fraction of sp³-hybridized carbons (Fsp3) is 0.400. The number of nitrogens with one attached hydrogen (secondary N) is 1. The first-order valence-corrected chi connectivity index (χ1v) is 6.74. The fourth-order valence-electron chi connectivity index (χ4n) is 1.84. The van der Waals surface area contributed by atoms with Gasteiger partial charge in [0.2, 0.25) is 0 Å². The first kappa shape index (κ1) is 15.0. The number of nitrogens with two attached hydrogens (primary N) is 1. The van der Waals surface area contributed by atoms with Gasteiger partial charge in [-0.3, -0.25) is 4.79 Å². The van der Waals surface area contributed by atoms with Gasteiger partial charge in [-0.05, 0) is 19.1 Å². The monoisotopic (exact) mass is 288 g/mol. The van der Waals surface area contributed by atoms with Crippen LogP contribution >= 0.6 is 0 Å². The molecule has 0 spiro atoms. The number of aryl methyl sites for hydroxylation is 1. The third kappa shape index (κ3) is 3.81. The summed E-state index contributed by atoms with van der Waals surface area (Å²) in [5.74, 6) is 0.727. The first-order chi connectivity index (χ1) is 9.75. The lowest BCUT2D eigenvalue weighted by Crippen LogP contribution is -2.24. The van der Waals surface area contributed by atoms with Gasteiger partial charge in [0.1, 0.15) is 5.82 Å². The second-order valence-corrected chi connectivity index (χ2v) is 6.03.